The number of hydrogen-bond donors (Lipinski definition) is 0. The minimum Gasteiger partial charge on any atom is -0.741 e. The molecule has 1 atom stereocenters. The van der Waals surface area contributed by atoms with Crippen LogP contribution in [0.3, 0.4) is 0 Å². The van der Waals surface area contributed by atoms with Gasteiger partial charge in [-0.15, -0.1) is 3.97 Å². The van der Waals surface area contributed by atoms with Gasteiger partial charge in [-0.3, -0.25) is 0 Å². The van der Waals surface area contributed by atoms with Crippen molar-refractivity contribution in [3.63, 3.8) is 0 Å². The minimum atomic E-state index is -6.09. The summed E-state index contributed by atoms with van der Waals surface area (Å²) in [5.74, 6) is 0. The number of nitrogens with zero attached hydrogens (tertiary/aromatic N) is 8. The fraction of sp³-hybridized carbons (Fsp3) is 0.524. The first-order valence-corrected chi connectivity index (χ1v) is 16.4. The van der Waals surface area contributed by atoms with Gasteiger partial charge >= 0.3 is 32.0 Å². The number of rotatable bonds is 4. The average Bonchev–Trinajstić information content (AvgIpc) is 3.65. The lowest BCUT2D eigenvalue weighted by atomic mass is 10.2. The number of amides is 1. The molecule has 3 aromatic rings. The van der Waals surface area contributed by atoms with Gasteiger partial charge in [-0.1, -0.05) is 0 Å². The predicted octanol–water partition coefficient (Wildman–Crippen LogP) is 0.119. The number of carbonyl (C=O) groups excluding carboxylic acids is 1. The summed E-state index contributed by atoms with van der Waals surface area (Å²) >= 11 is 0. The average molecular weight is 693 g/mol. The van der Waals surface area contributed by atoms with Gasteiger partial charge in [0.25, 0.3) is 6.33 Å². The zero-order valence-corrected chi connectivity index (χ0v) is 26.5. The van der Waals surface area contributed by atoms with Crippen molar-refractivity contribution in [1.29, 1.82) is 0 Å². The summed E-state index contributed by atoms with van der Waals surface area (Å²) in [4.78, 5) is 21.1. The Labute approximate surface area is 252 Å². The van der Waals surface area contributed by atoms with Crippen molar-refractivity contribution in [2.45, 2.75) is 44.8 Å². The van der Waals surface area contributed by atoms with Crippen LogP contribution in [0.5, 0.6) is 0 Å². The first-order chi connectivity index (χ1) is 20.0. The molecular weight excluding hydrogens is 661 g/mol. The maximum atomic E-state index is 12.4. The highest BCUT2D eigenvalue weighted by molar-refractivity contribution is 7.88. The van der Waals surface area contributed by atoms with Crippen molar-refractivity contribution in [3.8, 4) is 0 Å². The van der Waals surface area contributed by atoms with Crippen LogP contribution in [0, 0.1) is 0 Å². The molecule has 248 valence electrons. The van der Waals surface area contributed by atoms with E-state index in [0.717, 1.165) is 11.9 Å². The third-order valence-corrected chi connectivity index (χ3v) is 9.13. The van der Waals surface area contributed by atoms with Crippen LogP contribution in [0.2, 0.25) is 0 Å². The molecule has 0 aliphatic carbocycles. The van der Waals surface area contributed by atoms with Crippen LogP contribution < -0.4 is 4.57 Å². The van der Waals surface area contributed by atoms with Crippen LogP contribution in [0.4, 0.5) is 18.0 Å². The number of hydrogen-bond acceptors (Lipinski definition) is 11. The van der Waals surface area contributed by atoms with E-state index in [1.807, 2.05) is 0 Å². The summed E-state index contributed by atoms with van der Waals surface area (Å²) in [6.07, 6.45) is 12.3. The van der Waals surface area contributed by atoms with E-state index >= 15 is 0 Å². The van der Waals surface area contributed by atoms with Crippen molar-refractivity contribution in [2.75, 3.05) is 19.6 Å². The quantitative estimate of drug-likeness (QED) is 0.204. The fourth-order valence-electron chi connectivity index (χ4n) is 3.30. The molecule has 1 aliphatic heterocycles. The molecule has 0 saturated carbocycles. The highest BCUT2D eigenvalue weighted by atomic mass is 32.2. The molecule has 23 heteroatoms. The van der Waals surface area contributed by atoms with E-state index in [4.69, 9.17) is 17.7 Å². The number of alkyl halides is 3. The van der Waals surface area contributed by atoms with Gasteiger partial charge in [-0.25, -0.2) is 31.7 Å². The van der Waals surface area contributed by atoms with Crippen LogP contribution in [0.15, 0.2) is 56.2 Å². The predicted molar refractivity (Wildman–Crippen MR) is 144 cm³/mol. The maximum Gasteiger partial charge on any atom is 0.485 e. The molecule has 44 heavy (non-hydrogen) atoms. The number of piperazine rings is 1. The second-order valence-corrected chi connectivity index (χ2v) is 14.9. The van der Waals surface area contributed by atoms with Crippen molar-refractivity contribution in [3.05, 3.63) is 56.2 Å². The van der Waals surface area contributed by atoms with Crippen molar-refractivity contribution in [2.24, 2.45) is 7.05 Å². The van der Waals surface area contributed by atoms with Crippen LogP contribution in [-0.4, -0.2) is 104 Å². The molecular formula is C21H31F3N8O9S3. The van der Waals surface area contributed by atoms with Gasteiger partial charge < -0.3 is 14.2 Å². The number of carbonyl (C=O) groups is 1. The van der Waals surface area contributed by atoms with E-state index in [-0.39, 0.29) is 19.1 Å². The highest BCUT2D eigenvalue weighted by Crippen LogP contribution is 2.20. The normalized spacial score (nSPS) is 16.8. The summed E-state index contributed by atoms with van der Waals surface area (Å²) in [5.41, 5.74) is -6.22. The van der Waals surface area contributed by atoms with E-state index in [2.05, 4.69) is 9.97 Å². The third-order valence-electron chi connectivity index (χ3n) is 5.33. The van der Waals surface area contributed by atoms with Gasteiger partial charge in [0.15, 0.2) is 10.1 Å². The fourth-order valence-corrected chi connectivity index (χ4v) is 5.74. The van der Waals surface area contributed by atoms with Crippen LogP contribution >= 0.6 is 0 Å². The summed E-state index contributed by atoms with van der Waals surface area (Å²) < 4.78 is 119. The van der Waals surface area contributed by atoms with Gasteiger partial charge in [0.2, 0.25) is 0 Å². The molecule has 4 heterocycles. The topological polar surface area (TPSA) is 203 Å². The zero-order valence-electron chi connectivity index (χ0n) is 24.0. The van der Waals surface area contributed by atoms with Crippen LogP contribution in [-0.2, 0) is 42.3 Å². The number of imidazole rings is 3. The number of halogens is 3. The largest absolute Gasteiger partial charge is 0.741 e. The molecule has 1 aliphatic rings. The summed E-state index contributed by atoms with van der Waals surface area (Å²) in [7, 11) is -11.5. The zero-order chi connectivity index (χ0) is 33.7. The Kier molecular flexibility index (Phi) is 11.3. The van der Waals surface area contributed by atoms with E-state index in [1.54, 1.807) is 50.4 Å². The minimum absolute atomic E-state index is 0.222. The summed E-state index contributed by atoms with van der Waals surface area (Å²) in [6, 6.07) is -0.262. The molecule has 0 radical (unpaired) electrons. The Morgan fingerprint density at radius 2 is 1.41 bits per heavy atom. The van der Waals surface area contributed by atoms with Gasteiger partial charge in [-0.2, -0.15) is 38.3 Å². The number of ether oxygens (including phenoxy) is 1. The second-order valence-electron chi connectivity index (χ2n) is 9.99. The molecule has 0 aromatic carbocycles. The standard InChI is InChI=1S/C13H22N4O4S.C7H9N4O2S.CHF3O3S/c1-11-9-15(22(19,20)16-6-5-14-10-16)7-8-17(11)12(18)21-13(2,3)4;1-9-4-5-11(7-9)14(12,13)10-3-2-8-6-10;2-1(3,4)8(5,6)7/h5-6,10-11H,7-9H2,1-4H3;2-7H,1H3;(H,5,6,7)/q;+1;/p-1/t11-;;/m0../s1. The highest BCUT2D eigenvalue weighted by Gasteiger charge is 2.37. The first-order valence-electron chi connectivity index (χ1n) is 12.2. The van der Waals surface area contributed by atoms with Crippen molar-refractivity contribution < 1.29 is 57.1 Å². The Balaban J connectivity index is 0.000000261. The van der Waals surface area contributed by atoms with Gasteiger partial charge in [-0.05, 0) is 27.7 Å². The summed E-state index contributed by atoms with van der Waals surface area (Å²) in [6.45, 7) is 7.95. The Bertz CT molecular complexity index is 1700. The lowest BCUT2D eigenvalue weighted by Gasteiger charge is -2.39. The molecule has 0 bridgehead atoms. The SMILES string of the molecule is C[C@H]1CN(S(=O)(=O)n2ccnc2)CCN1C(=O)OC(C)(C)C.C[n+]1ccn(S(=O)(=O)n2ccnc2)c1.O=S(=O)([O-])C(F)(F)F. The Hall–Kier alpha value is -3.54. The van der Waals surface area contributed by atoms with E-state index in [9.17, 15) is 34.8 Å². The Morgan fingerprint density at radius 3 is 1.77 bits per heavy atom. The molecule has 1 fully saturated rings. The first kappa shape index (κ1) is 36.7. The molecule has 4 rings (SSSR count). The molecule has 0 unspecified atom stereocenters. The molecule has 1 amide bonds. The van der Waals surface area contributed by atoms with E-state index in [0.29, 0.717) is 6.54 Å². The van der Waals surface area contributed by atoms with Gasteiger partial charge in [0.05, 0.1) is 7.05 Å². The van der Waals surface area contributed by atoms with Crippen LogP contribution in [0.25, 0.3) is 0 Å². The van der Waals surface area contributed by atoms with Gasteiger partial charge in [0.1, 0.15) is 30.6 Å². The lowest BCUT2D eigenvalue weighted by Crippen LogP contribution is -2.56. The van der Waals surface area contributed by atoms with Gasteiger partial charge in [0, 0.05) is 50.5 Å². The number of aromatic nitrogens is 6. The third kappa shape index (κ3) is 9.73. The molecule has 1 saturated heterocycles. The Morgan fingerprint density at radius 1 is 0.909 bits per heavy atom. The second kappa shape index (κ2) is 13.6. The maximum absolute atomic E-state index is 12.4. The smallest absolute Gasteiger partial charge is 0.485 e. The molecule has 0 N–H and O–H groups in total. The lowest BCUT2D eigenvalue weighted by molar-refractivity contribution is -0.670. The van der Waals surface area contributed by atoms with E-state index < -0.39 is 47.7 Å². The molecule has 3 aromatic heterocycles. The molecule has 0 spiro atoms. The number of aryl methyl sites for hydroxylation is 1. The summed E-state index contributed by atoms with van der Waals surface area (Å²) in [5, 5.41) is 0. The van der Waals surface area contributed by atoms with E-state index in [1.165, 1.54) is 54.3 Å². The molecule has 17 nitrogen and oxygen atoms in total. The monoisotopic (exact) mass is 692 g/mol. The van der Waals surface area contributed by atoms with Crippen LogP contribution in [0.1, 0.15) is 27.7 Å². The van der Waals surface area contributed by atoms with Crippen molar-refractivity contribution >= 4 is 36.6 Å². The van der Waals surface area contributed by atoms with Crippen molar-refractivity contribution in [1.82, 2.24) is 31.1 Å².